The smallest absolute Gasteiger partial charge is 0.407 e. The van der Waals surface area contributed by atoms with E-state index in [1.807, 2.05) is 11.1 Å². The molecule has 0 radical (unpaired) electrons. The van der Waals surface area contributed by atoms with Crippen LogP contribution in [0.15, 0.2) is 60.8 Å². The summed E-state index contributed by atoms with van der Waals surface area (Å²) in [7, 11) is 1.33. The van der Waals surface area contributed by atoms with Gasteiger partial charge in [-0.05, 0) is 102 Å². The highest BCUT2D eigenvalue weighted by Crippen LogP contribution is 2.53. The van der Waals surface area contributed by atoms with Crippen molar-refractivity contribution in [3.8, 4) is 22.4 Å². The van der Waals surface area contributed by atoms with Gasteiger partial charge in [0.05, 0.1) is 42.1 Å². The minimum atomic E-state index is -0.647. The first kappa shape index (κ1) is 30.1. The number of nitrogens with one attached hydrogen (secondary N) is 4. The maximum Gasteiger partial charge on any atom is 0.407 e. The molecule has 10 rings (SSSR count). The molecule has 1 unspecified atom stereocenters. The normalized spacial score (nSPS) is 27.7. The number of rotatable bonds is 7. The maximum atomic E-state index is 14.2. The van der Waals surface area contributed by atoms with Gasteiger partial charge in [0.1, 0.15) is 17.7 Å². The van der Waals surface area contributed by atoms with Gasteiger partial charge in [-0.1, -0.05) is 30.3 Å². The molecule has 3 aliphatic heterocycles. The quantitative estimate of drug-likeness (QED) is 0.166. The third-order valence-corrected chi connectivity index (χ3v) is 11.9. The number of imidazole rings is 2. The van der Waals surface area contributed by atoms with Gasteiger partial charge < -0.3 is 35.0 Å². The van der Waals surface area contributed by atoms with Crippen LogP contribution < -0.4 is 10.6 Å². The van der Waals surface area contributed by atoms with Gasteiger partial charge in [0, 0.05) is 30.9 Å². The largest absolute Gasteiger partial charge is 0.453 e. The zero-order valence-electron chi connectivity index (χ0n) is 28.0. The van der Waals surface area contributed by atoms with Crippen molar-refractivity contribution in [2.75, 3.05) is 20.3 Å². The van der Waals surface area contributed by atoms with Crippen LogP contribution in [0.3, 0.4) is 0 Å². The molecule has 7 atom stereocenters. The Balaban J connectivity index is 0.881. The van der Waals surface area contributed by atoms with Crippen LogP contribution in [0.2, 0.25) is 0 Å². The third kappa shape index (κ3) is 5.25. The number of aromatic nitrogens is 4. The van der Waals surface area contributed by atoms with Gasteiger partial charge in [-0.15, -0.1) is 0 Å². The number of hydrogen-bond donors (Lipinski definition) is 4. The number of benzene rings is 3. The van der Waals surface area contributed by atoms with E-state index in [2.05, 4.69) is 75.2 Å². The summed E-state index contributed by atoms with van der Waals surface area (Å²) in [6.45, 7) is 1.17. The van der Waals surface area contributed by atoms with E-state index in [1.165, 1.54) is 20.0 Å². The fourth-order valence-electron chi connectivity index (χ4n) is 8.95. The van der Waals surface area contributed by atoms with Gasteiger partial charge in [-0.2, -0.15) is 0 Å². The average molecular weight is 672 g/mol. The lowest BCUT2D eigenvalue weighted by Gasteiger charge is -2.35. The van der Waals surface area contributed by atoms with Crippen molar-refractivity contribution in [1.29, 1.82) is 0 Å². The lowest BCUT2D eigenvalue weighted by Crippen LogP contribution is -2.54. The zero-order chi connectivity index (χ0) is 33.5. The molecule has 0 spiro atoms. The Kier molecular flexibility index (Phi) is 7.03. The van der Waals surface area contributed by atoms with Crippen molar-refractivity contribution < 1.29 is 19.1 Å². The molecule has 2 saturated carbocycles. The predicted octanol–water partition coefficient (Wildman–Crippen LogP) is 6.01. The molecule has 3 saturated heterocycles. The minimum absolute atomic E-state index is 0.00449. The van der Waals surface area contributed by atoms with E-state index in [-0.39, 0.29) is 23.9 Å². The third-order valence-electron chi connectivity index (χ3n) is 11.9. The van der Waals surface area contributed by atoms with E-state index in [0.717, 1.165) is 87.4 Å². The molecular weight excluding hydrogens is 630 g/mol. The summed E-state index contributed by atoms with van der Waals surface area (Å²) in [5.41, 5.74) is 6.37. The van der Waals surface area contributed by atoms with Crippen molar-refractivity contribution in [2.24, 2.45) is 17.8 Å². The molecule has 4 N–H and O–H groups in total. The molecule has 5 aromatic rings. The second-order valence-corrected chi connectivity index (χ2v) is 15.0. The van der Waals surface area contributed by atoms with Crippen molar-refractivity contribution >= 4 is 33.8 Å². The number of amides is 2. The van der Waals surface area contributed by atoms with Crippen LogP contribution in [0.4, 0.5) is 4.79 Å². The van der Waals surface area contributed by atoms with Crippen LogP contribution >= 0.6 is 0 Å². The van der Waals surface area contributed by atoms with Gasteiger partial charge in [-0.25, -0.2) is 14.8 Å². The molecule has 5 aliphatic rings. The summed E-state index contributed by atoms with van der Waals surface area (Å²) in [4.78, 5) is 45.3. The van der Waals surface area contributed by atoms with Crippen molar-refractivity contribution in [2.45, 2.75) is 68.7 Å². The highest BCUT2D eigenvalue weighted by Gasteiger charge is 2.56. The molecule has 50 heavy (non-hydrogen) atoms. The molecule has 2 aliphatic carbocycles. The lowest BCUT2D eigenvalue weighted by atomic mass is 9.90. The molecular formula is C39H41N7O4. The summed E-state index contributed by atoms with van der Waals surface area (Å²) in [6.07, 6.45) is 7.09. The van der Waals surface area contributed by atoms with E-state index >= 15 is 0 Å². The number of piperidine rings is 2. The van der Waals surface area contributed by atoms with Crippen LogP contribution in [-0.2, 0) is 14.3 Å². The number of ether oxygens (including phenoxy) is 2. The number of aromatic amines is 2. The van der Waals surface area contributed by atoms with Crippen LogP contribution in [0.1, 0.15) is 62.3 Å². The highest BCUT2D eigenvalue weighted by atomic mass is 16.5. The lowest BCUT2D eigenvalue weighted by molar-refractivity contribution is -0.138. The summed E-state index contributed by atoms with van der Waals surface area (Å²) < 4.78 is 10.5. The number of hydrogen-bond acceptors (Lipinski definition) is 7. The van der Waals surface area contributed by atoms with Crippen LogP contribution in [0.25, 0.3) is 44.2 Å². The number of carbonyl (C=O) groups excluding carboxylic acids is 2. The summed E-state index contributed by atoms with van der Waals surface area (Å²) in [5.74, 6) is 3.09. The number of methoxy groups -OCH3 is 1. The fourth-order valence-corrected chi connectivity index (χ4v) is 8.95. The molecule has 11 heteroatoms. The van der Waals surface area contributed by atoms with Crippen LogP contribution in [-0.4, -0.2) is 75.3 Å². The summed E-state index contributed by atoms with van der Waals surface area (Å²) in [6, 6.07) is 20.0. The molecule has 256 valence electrons. The van der Waals surface area contributed by atoms with E-state index in [9.17, 15) is 9.59 Å². The number of likely N-dealkylation sites (tertiary alicyclic amines) is 1. The van der Waals surface area contributed by atoms with E-state index in [4.69, 9.17) is 19.4 Å². The maximum absolute atomic E-state index is 14.2. The Morgan fingerprint density at radius 2 is 1.68 bits per heavy atom. The average Bonchev–Trinajstić information content (AvgIpc) is 3.74. The predicted molar refractivity (Wildman–Crippen MR) is 188 cm³/mol. The highest BCUT2D eigenvalue weighted by molar-refractivity contribution is 5.92. The monoisotopic (exact) mass is 671 g/mol. The summed E-state index contributed by atoms with van der Waals surface area (Å²) >= 11 is 0. The number of alkyl carbamates (subject to hydrolysis) is 1. The van der Waals surface area contributed by atoms with E-state index < -0.39 is 12.1 Å². The molecule has 3 aromatic carbocycles. The Morgan fingerprint density at radius 3 is 2.48 bits per heavy atom. The number of H-pyrrole nitrogens is 2. The number of carbonyl (C=O) groups is 2. The SMILES string of the molecule is COC(=O)NC(C(=O)N1[C@@H]2C[C@@H]2C[C@H]1c1ncc(-c2ccc3cc(-c4ccc5nc([C@@H]6C[C@H]7C[C@H]7N6)[nH]c5c4)ccc3c2)[nH]1)C1CCOCC1. The summed E-state index contributed by atoms with van der Waals surface area (Å²) in [5, 5.41) is 8.87. The molecule has 2 amide bonds. The Labute approximate surface area is 289 Å². The fraction of sp³-hybridized carbons (Fsp3) is 0.436. The Hall–Kier alpha value is -4.74. The topological polar surface area (TPSA) is 137 Å². The first-order valence-electron chi connectivity index (χ1n) is 18.1. The Morgan fingerprint density at radius 1 is 0.900 bits per heavy atom. The minimum Gasteiger partial charge on any atom is -0.453 e. The van der Waals surface area contributed by atoms with Crippen molar-refractivity contribution in [3.63, 3.8) is 0 Å². The van der Waals surface area contributed by atoms with Crippen molar-refractivity contribution in [1.82, 2.24) is 35.5 Å². The van der Waals surface area contributed by atoms with Gasteiger partial charge >= 0.3 is 6.09 Å². The van der Waals surface area contributed by atoms with Gasteiger partial charge in [0.25, 0.3) is 0 Å². The Bertz CT molecular complexity index is 2130. The molecule has 0 bridgehead atoms. The first-order chi connectivity index (χ1) is 24.5. The van der Waals surface area contributed by atoms with Gasteiger partial charge in [0.15, 0.2) is 0 Å². The molecule has 5 fully saturated rings. The van der Waals surface area contributed by atoms with E-state index in [1.54, 1.807) is 0 Å². The van der Waals surface area contributed by atoms with Crippen molar-refractivity contribution in [3.05, 3.63) is 72.4 Å². The van der Waals surface area contributed by atoms with Crippen LogP contribution in [0.5, 0.6) is 0 Å². The molecule has 5 heterocycles. The van der Waals surface area contributed by atoms with E-state index in [0.29, 0.717) is 31.2 Å². The zero-order valence-corrected chi connectivity index (χ0v) is 28.0. The molecule has 11 nitrogen and oxygen atoms in total. The molecule has 2 aromatic heterocycles. The standard InChI is InChI=1S/C39H41N7O4/c1-49-39(48)45-35(20-8-10-50-11-9-20)38(47)46-33-17-27(33)18-34(46)37-40-19-32(44-37)25-5-4-21-12-22(2-3-23(21)13-25)24-6-7-28-30(14-24)43-36(42-28)31-16-26-15-29(26)41-31/h2-7,12-14,19-20,26-27,29,31,33-35,41H,8-11,15-18H2,1H3,(H,40,44)(H,42,43)(H,45,48)/t26-,27-,29-,31+,33-,34+,35?/m1/s1. The second kappa shape index (κ2) is 11.7. The van der Waals surface area contributed by atoms with Gasteiger partial charge in [-0.3, -0.25) is 4.79 Å². The van der Waals surface area contributed by atoms with Gasteiger partial charge in [0.2, 0.25) is 5.91 Å². The first-order valence-corrected chi connectivity index (χ1v) is 18.1. The number of nitrogens with zero attached hydrogens (tertiary/aromatic N) is 3. The second-order valence-electron chi connectivity index (χ2n) is 15.0. The number of fused-ring (bicyclic) bond motifs is 4. The van der Waals surface area contributed by atoms with Crippen LogP contribution in [0, 0.1) is 17.8 Å².